The van der Waals surface area contributed by atoms with E-state index in [1.807, 2.05) is 194 Å². The van der Waals surface area contributed by atoms with Crippen LogP contribution in [0, 0.1) is 0 Å². The molecule has 0 spiro atoms. The van der Waals surface area contributed by atoms with E-state index in [9.17, 15) is 19.2 Å². The van der Waals surface area contributed by atoms with E-state index in [0.717, 1.165) is 71.4 Å². The fourth-order valence-corrected chi connectivity index (χ4v) is 12.3. The number of fused-ring (bicyclic) bond motifs is 2. The summed E-state index contributed by atoms with van der Waals surface area (Å²) in [6, 6.07) is 81.6. The van der Waals surface area contributed by atoms with Gasteiger partial charge in [0.1, 0.15) is 11.5 Å². The normalized spacial score (nSPS) is 12.6. The van der Waals surface area contributed by atoms with Crippen molar-refractivity contribution < 1.29 is 28.7 Å². The quantitative estimate of drug-likeness (QED) is 0.121. The van der Waals surface area contributed by atoms with Crippen LogP contribution < -0.4 is 19.3 Å². The van der Waals surface area contributed by atoms with Gasteiger partial charge in [0.2, 0.25) is 0 Å². The van der Waals surface area contributed by atoms with Gasteiger partial charge < -0.3 is 9.47 Å². The lowest BCUT2D eigenvalue weighted by molar-refractivity contribution is 0.0877. The Morgan fingerprint density at radius 1 is 0.278 bits per heavy atom. The predicted octanol–water partition coefficient (Wildman–Crippen LogP) is 17.2. The van der Waals surface area contributed by atoms with Crippen LogP contribution in [0.1, 0.15) is 41.4 Å². The summed E-state index contributed by atoms with van der Waals surface area (Å²) in [6.45, 7) is 0. The minimum absolute atomic E-state index is 0.347. The molecule has 0 saturated heterocycles. The van der Waals surface area contributed by atoms with Crippen LogP contribution in [0.15, 0.2) is 267 Å². The Bertz CT molecular complexity index is 5190. The van der Waals surface area contributed by atoms with Crippen molar-refractivity contribution in [2.75, 3.05) is 24.0 Å². The molecule has 14 aromatic rings. The fraction of sp³-hybridized carbons (Fsp3) is 0.0256. The molecule has 12 aromatic carbocycles. The van der Waals surface area contributed by atoms with E-state index in [1.165, 1.54) is 9.80 Å². The van der Waals surface area contributed by atoms with Gasteiger partial charge in [0.15, 0.2) is 17.5 Å². The molecule has 0 aliphatic carbocycles. The molecule has 0 radical (unpaired) electrons. The Labute approximate surface area is 516 Å². The lowest BCUT2D eigenvalue weighted by Crippen LogP contribution is -2.40. The average Bonchev–Trinajstić information content (AvgIpc) is 0.755. The topological polar surface area (TPSA) is 145 Å². The van der Waals surface area contributed by atoms with E-state index in [2.05, 4.69) is 41.4 Å². The Hall–Kier alpha value is -12.3. The minimum Gasteiger partial charge on any atom is -0.496 e. The van der Waals surface area contributed by atoms with Gasteiger partial charge in [0, 0.05) is 72.9 Å². The van der Waals surface area contributed by atoms with Gasteiger partial charge in [-0.05, 0) is 134 Å². The molecule has 0 unspecified atom stereocenters. The largest absolute Gasteiger partial charge is 0.496 e. The summed E-state index contributed by atoms with van der Waals surface area (Å²) in [5.74, 6) is 0.986. The highest BCUT2D eigenvalue weighted by molar-refractivity contribution is 6.38. The van der Waals surface area contributed by atoms with Gasteiger partial charge in [-0.25, -0.2) is 24.8 Å². The van der Waals surface area contributed by atoms with Crippen molar-refractivity contribution in [1.82, 2.24) is 19.9 Å². The Morgan fingerprint density at radius 3 is 1.10 bits per heavy atom. The Morgan fingerprint density at radius 2 is 0.622 bits per heavy atom. The number of ether oxygens (including phenoxy) is 2. The first kappa shape index (κ1) is 54.4. The fourth-order valence-electron chi connectivity index (χ4n) is 12.3. The average molecular weight is 1170 g/mol. The maximum atomic E-state index is 14.2. The third-order valence-electron chi connectivity index (χ3n) is 16.8. The number of imide groups is 2. The number of anilines is 2. The maximum Gasteiger partial charge on any atom is 0.265 e. The first-order chi connectivity index (χ1) is 44.2. The van der Waals surface area contributed by atoms with Gasteiger partial charge in [0.25, 0.3) is 23.6 Å². The summed E-state index contributed by atoms with van der Waals surface area (Å²) in [7, 11) is 3.18. The predicted molar refractivity (Wildman–Crippen MR) is 355 cm³/mol. The van der Waals surface area contributed by atoms with Crippen LogP contribution in [0.4, 0.5) is 11.4 Å². The summed E-state index contributed by atoms with van der Waals surface area (Å²) >= 11 is 0. The molecule has 4 heterocycles. The second-order valence-corrected chi connectivity index (χ2v) is 21.8. The molecule has 0 N–H and O–H groups in total. The van der Waals surface area contributed by atoms with E-state index >= 15 is 0 Å². The second kappa shape index (κ2) is 22.5. The van der Waals surface area contributed by atoms with Crippen LogP contribution in [-0.4, -0.2) is 57.8 Å². The van der Waals surface area contributed by atoms with E-state index in [0.29, 0.717) is 84.3 Å². The van der Waals surface area contributed by atoms with Gasteiger partial charge in [-0.1, -0.05) is 176 Å². The van der Waals surface area contributed by atoms with Crippen LogP contribution >= 0.6 is 0 Å². The Kier molecular flexibility index (Phi) is 13.6. The van der Waals surface area contributed by atoms with Gasteiger partial charge in [-0.15, -0.1) is 0 Å². The molecule has 0 saturated carbocycles. The standard InChI is InChI=1S/C44H28N4O3.C34H22N2O3/c1-51-37-25-24-36-38-35(43(49)48(44(36)50)33-21-20-28-12-8-9-15-32(28)26-33)23-22-34(39(37)38)42-46-40(30-13-6-3-7-14-30)45-41(47-42)31-18-16-29(17-19-31)27-10-4-2-5-11-27;1-39-30-15-14-29-31-28(33(37)36(34(29)38)26-11-10-21-4-2-3-5-25(21)20-26)13-12-27(32(30)31)24-8-6-22(7-9-24)23-16-18-35-19-17-23/h2-26H,1H3;2-20H,1H3. The second-order valence-electron chi connectivity index (χ2n) is 21.8. The van der Waals surface area contributed by atoms with Crippen LogP contribution in [0.2, 0.25) is 0 Å². The van der Waals surface area contributed by atoms with Crippen LogP contribution in [-0.2, 0) is 0 Å². The van der Waals surface area contributed by atoms with E-state index in [-0.39, 0.29) is 11.8 Å². The maximum absolute atomic E-state index is 14.2. The first-order valence-corrected chi connectivity index (χ1v) is 29.2. The van der Waals surface area contributed by atoms with Crippen LogP contribution in [0.3, 0.4) is 0 Å². The third kappa shape index (κ3) is 9.43. The van der Waals surface area contributed by atoms with Crippen molar-refractivity contribution in [3.8, 4) is 79.0 Å². The van der Waals surface area contributed by atoms with Crippen molar-refractivity contribution in [3.63, 3.8) is 0 Å². The summed E-state index contributed by atoms with van der Waals surface area (Å²) in [6.07, 6.45) is 3.55. The number of carbonyl (C=O) groups is 4. The van der Waals surface area contributed by atoms with Crippen molar-refractivity contribution in [2.24, 2.45) is 0 Å². The molecule has 2 aliphatic rings. The number of hydrogen-bond donors (Lipinski definition) is 0. The molecule has 428 valence electrons. The van der Waals surface area contributed by atoms with E-state index in [1.54, 1.807) is 50.9 Å². The van der Waals surface area contributed by atoms with Crippen LogP contribution in [0.25, 0.3) is 111 Å². The van der Waals surface area contributed by atoms with Crippen molar-refractivity contribution in [3.05, 3.63) is 289 Å². The minimum atomic E-state index is -0.410. The number of benzene rings is 12. The number of nitrogens with zero attached hydrogens (tertiary/aromatic N) is 6. The zero-order valence-corrected chi connectivity index (χ0v) is 48.5. The number of pyridine rings is 1. The van der Waals surface area contributed by atoms with Gasteiger partial charge >= 0.3 is 0 Å². The smallest absolute Gasteiger partial charge is 0.265 e. The summed E-state index contributed by atoms with van der Waals surface area (Å²) in [4.78, 5) is 77.7. The zero-order valence-electron chi connectivity index (χ0n) is 48.5. The molecule has 0 bridgehead atoms. The first-order valence-electron chi connectivity index (χ1n) is 29.2. The number of carbonyl (C=O) groups excluding carboxylic acids is 4. The summed E-state index contributed by atoms with van der Waals surface area (Å²) < 4.78 is 11.6. The monoisotopic (exact) mass is 1170 g/mol. The van der Waals surface area contributed by atoms with E-state index < -0.39 is 11.8 Å². The molecule has 2 aromatic heterocycles. The number of amides is 4. The lowest BCUT2D eigenvalue weighted by atomic mass is 9.88. The number of hydrogen-bond acceptors (Lipinski definition) is 10. The van der Waals surface area contributed by atoms with Gasteiger partial charge in [-0.2, -0.15) is 0 Å². The molecule has 2 aliphatic heterocycles. The highest BCUT2D eigenvalue weighted by Crippen LogP contribution is 2.45. The van der Waals surface area contributed by atoms with Gasteiger partial charge in [-0.3, -0.25) is 24.2 Å². The van der Waals surface area contributed by atoms with Crippen molar-refractivity contribution in [1.29, 1.82) is 0 Å². The van der Waals surface area contributed by atoms with E-state index in [4.69, 9.17) is 24.4 Å². The molecule has 16 rings (SSSR count). The molecular formula is C78H50N6O6. The number of rotatable bonds is 10. The molecule has 4 amide bonds. The number of methoxy groups -OCH3 is 2. The lowest BCUT2D eigenvalue weighted by Gasteiger charge is -2.28. The highest BCUT2D eigenvalue weighted by Gasteiger charge is 2.38. The molecular weight excluding hydrogens is 1120 g/mol. The molecule has 12 heteroatoms. The van der Waals surface area contributed by atoms with Crippen LogP contribution in [0.5, 0.6) is 11.5 Å². The molecule has 0 fully saturated rings. The molecule has 12 nitrogen and oxygen atoms in total. The number of aromatic nitrogens is 4. The SMILES string of the molecule is COc1ccc2c3c(ccc(-c4ccc(-c5ccncc5)cc4)c13)C(=O)N(c1ccc3ccccc3c1)C2=O.COc1ccc2c3c(ccc(-c4nc(-c5ccccc5)nc(-c5ccc(-c6ccccc6)cc5)n4)c13)C(=O)N(c1ccc3ccccc3c1)C2=O. The summed E-state index contributed by atoms with van der Waals surface area (Å²) in [5.41, 5.74) is 11.3. The van der Waals surface area contributed by atoms with Crippen molar-refractivity contribution in [2.45, 2.75) is 0 Å². The Balaban J connectivity index is 0.000000156. The molecule has 90 heavy (non-hydrogen) atoms. The highest BCUT2D eigenvalue weighted by atomic mass is 16.5. The zero-order chi connectivity index (χ0) is 61.0. The third-order valence-corrected chi connectivity index (χ3v) is 16.8. The van der Waals surface area contributed by atoms with Gasteiger partial charge in [0.05, 0.1) is 25.6 Å². The summed E-state index contributed by atoms with van der Waals surface area (Å²) in [5, 5.41) is 6.44. The molecule has 0 atom stereocenters. The van der Waals surface area contributed by atoms with Crippen molar-refractivity contribution >= 4 is 78.1 Å².